The molecule has 20 nitrogen and oxygen atoms in total. The third kappa shape index (κ3) is 29.5. The molecule has 1 aliphatic heterocycles. The highest BCUT2D eigenvalue weighted by atomic mass is 31.2. The van der Waals surface area contributed by atoms with Gasteiger partial charge in [-0.05, 0) is 169 Å². The number of carbonyl (C=O) groups excluding carboxylic acids is 5. The molecule has 7 aromatic rings. The van der Waals surface area contributed by atoms with E-state index in [1.165, 1.54) is 140 Å². The van der Waals surface area contributed by atoms with Crippen LogP contribution in [0, 0.1) is 0 Å². The summed E-state index contributed by atoms with van der Waals surface area (Å²) >= 11 is 0. The number of hydrogen-bond acceptors (Lipinski definition) is 14. The Morgan fingerprint density at radius 1 is 0.394 bits per heavy atom. The molecule has 5 amide bonds. The Balaban J connectivity index is 0.734. The van der Waals surface area contributed by atoms with Crippen molar-refractivity contribution in [3.63, 3.8) is 0 Å². The molecule has 7 N–H and O–H groups in total. The first-order valence-corrected chi connectivity index (χ1v) is 44.5. The number of hydrazine groups is 2. The number of aryl methyl sites for hydroxylation is 1. The second kappa shape index (κ2) is 49.9. The minimum absolute atomic E-state index is 0.0579. The van der Waals surface area contributed by atoms with E-state index in [0.29, 0.717) is 81.3 Å². The first-order chi connectivity index (χ1) is 53.4. The minimum atomic E-state index is -1.81. The fourth-order valence-electron chi connectivity index (χ4n) is 14.7. The monoisotopic (exact) mass is 1530 g/mol. The summed E-state index contributed by atoms with van der Waals surface area (Å²) in [6.45, 7) is 6.40. The van der Waals surface area contributed by atoms with E-state index in [1.54, 1.807) is 0 Å². The Morgan fingerprint density at radius 3 is 1.13 bits per heavy atom. The number of hydrogen-bond donors (Lipinski definition) is 7. The van der Waals surface area contributed by atoms with E-state index in [-0.39, 0.29) is 57.1 Å². The van der Waals surface area contributed by atoms with E-state index >= 15 is 0 Å². The zero-order chi connectivity index (χ0) is 76.8. The van der Waals surface area contributed by atoms with Crippen LogP contribution in [-0.4, -0.2) is 150 Å². The van der Waals surface area contributed by atoms with Gasteiger partial charge in [0.2, 0.25) is 29.5 Å². The molecule has 0 saturated carbocycles. The highest BCUT2D eigenvalue weighted by Crippen LogP contribution is 2.57. The molecular formula is C87H124N12O8P2+2. The number of nitrogens with zero attached hydrogens (tertiary/aromatic N) is 8. The lowest BCUT2D eigenvalue weighted by atomic mass is 10.1. The van der Waals surface area contributed by atoms with Crippen molar-refractivity contribution in [2.45, 2.75) is 206 Å². The van der Waals surface area contributed by atoms with Gasteiger partial charge in [-0.3, -0.25) is 49.5 Å². The van der Waals surface area contributed by atoms with Gasteiger partial charge < -0.3 is 16.1 Å². The van der Waals surface area contributed by atoms with E-state index in [9.17, 15) is 39.6 Å². The van der Waals surface area contributed by atoms with Crippen molar-refractivity contribution in [2.24, 2.45) is 0 Å². The van der Waals surface area contributed by atoms with Crippen LogP contribution in [0.5, 0.6) is 0 Å². The number of aromatic nitrogens is 3. The first-order valence-electron chi connectivity index (χ1n) is 40.5. The molecule has 1 aliphatic rings. The third-order valence-electron chi connectivity index (χ3n) is 20.8. The van der Waals surface area contributed by atoms with Crippen LogP contribution in [0.15, 0.2) is 200 Å². The fourth-order valence-corrected chi connectivity index (χ4v) is 23.5. The quantitative estimate of drug-likeness (QED) is 0.00812. The van der Waals surface area contributed by atoms with E-state index < -0.39 is 32.2 Å². The Bertz CT molecular complexity index is 3520. The van der Waals surface area contributed by atoms with Gasteiger partial charge in [-0.1, -0.05) is 185 Å². The normalized spacial score (nSPS) is 12.2. The molecule has 0 atom stereocenters. The summed E-state index contributed by atoms with van der Waals surface area (Å²) in [5.41, 5.74) is 8.95. The summed E-state index contributed by atoms with van der Waals surface area (Å²) in [7, 11) is -3.62. The average Bonchev–Trinajstić information content (AvgIpc) is 1.18. The molecule has 109 heavy (non-hydrogen) atoms. The summed E-state index contributed by atoms with van der Waals surface area (Å²) in [6, 6.07) is 67.3. The van der Waals surface area contributed by atoms with Crippen LogP contribution in [0.3, 0.4) is 0 Å². The van der Waals surface area contributed by atoms with E-state index in [0.717, 1.165) is 62.5 Å². The molecule has 8 rings (SSSR count). The van der Waals surface area contributed by atoms with Crippen molar-refractivity contribution < 1.29 is 39.6 Å². The summed E-state index contributed by atoms with van der Waals surface area (Å²) in [5.74, 6) is -2.08. The van der Waals surface area contributed by atoms with Gasteiger partial charge in [-0.25, -0.2) is 19.9 Å². The number of hydroxylamine groups is 6. The molecule has 22 heteroatoms. The van der Waals surface area contributed by atoms with Gasteiger partial charge in [0.1, 0.15) is 46.4 Å². The second-order valence-corrected chi connectivity index (χ2v) is 36.2. The van der Waals surface area contributed by atoms with Gasteiger partial charge >= 0.3 is 0 Å². The molecule has 588 valence electrons. The number of rotatable bonds is 56. The minimum Gasteiger partial charge on any atom is -0.356 e. The van der Waals surface area contributed by atoms with Crippen LogP contribution in [-0.2, 0) is 37.1 Å². The van der Waals surface area contributed by atoms with Crippen molar-refractivity contribution in [3.8, 4) is 0 Å². The van der Waals surface area contributed by atoms with Gasteiger partial charge in [0.05, 0.1) is 29.9 Å². The Morgan fingerprint density at radius 2 is 0.734 bits per heavy atom. The Labute approximate surface area is 650 Å². The topological polar surface area (TPSA) is 241 Å². The van der Waals surface area contributed by atoms with Crippen LogP contribution in [0.25, 0.3) is 0 Å². The van der Waals surface area contributed by atoms with Gasteiger partial charge in [-0.15, -0.1) is 10.6 Å². The lowest BCUT2D eigenvalue weighted by Gasteiger charge is -2.28. The average molecular weight is 1530 g/mol. The van der Waals surface area contributed by atoms with Gasteiger partial charge in [-0.2, -0.15) is 0 Å². The molecule has 0 spiro atoms. The molecule has 0 fully saturated rings. The van der Waals surface area contributed by atoms with Gasteiger partial charge in [0.25, 0.3) is 0 Å². The maximum absolute atomic E-state index is 13.0. The predicted molar refractivity (Wildman–Crippen MR) is 442 cm³/mol. The second-order valence-electron chi connectivity index (χ2n) is 29.0. The summed E-state index contributed by atoms with van der Waals surface area (Å²) in [4.78, 5) is 63.8. The zero-order valence-corrected chi connectivity index (χ0v) is 66.6. The van der Waals surface area contributed by atoms with Crippen molar-refractivity contribution in [1.29, 1.82) is 0 Å². The van der Waals surface area contributed by atoms with Crippen molar-refractivity contribution in [2.75, 3.05) is 64.7 Å². The first kappa shape index (κ1) is 86.4. The third-order valence-corrected chi connectivity index (χ3v) is 29.9. The lowest BCUT2D eigenvalue weighted by molar-refractivity contribution is -0.166. The maximum atomic E-state index is 13.0. The summed E-state index contributed by atoms with van der Waals surface area (Å²) in [6.07, 6.45) is 31.0. The van der Waals surface area contributed by atoms with Crippen LogP contribution in [0.4, 0.5) is 0 Å². The summed E-state index contributed by atoms with van der Waals surface area (Å²) in [5, 5.41) is 58.0. The van der Waals surface area contributed by atoms with E-state index in [4.69, 9.17) is 0 Å². The maximum Gasteiger partial charge on any atom is 0.246 e. The largest absolute Gasteiger partial charge is 0.356 e. The Hall–Kier alpha value is -8.19. The standard InChI is InChI=1S/C87H122N12O8P2/c1-75(100)97(105)66-40-20-35-61-88-84(101)57-59-86(103)98(106)67-41-21-36-62-89-85(102)58-60-87(104)99(107)68-42-22-37-63-94(73-76-71-90-92-95(76)64-38-10-6-2-4-8-12-43-69-108(78-45-23-14-24-46-78,79-47-25-15-26-48-79)80-49-27-16-28-50-80)74-77-72-91-93-96(77)65-39-11-7-3-5-9-13-44-70-109(81-51-29-17-30-52-81,82-53-31-18-32-54-82)83-55-33-19-34-56-83/h14-19,23-34,45-56,71-72,105-107H,2-13,20-22,35-44,57-70,73-74H2,1H3,(H2-2,88,89,90,91,92,93,101,102)/p+2. The van der Waals surface area contributed by atoms with Gasteiger partial charge in [0, 0.05) is 97.7 Å². The molecule has 0 radical (unpaired) electrons. The Kier molecular flexibility index (Phi) is 39.5. The van der Waals surface area contributed by atoms with Crippen LogP contribution < -0.4 is 53.4 Å². The molecule has 1 aromatic heterocycles. The van der Waals surface area contributed by atoms with Gasteiger partial charge in [0.15, 0.2) is 0 Å². The van der Waals surface area contributed by atoms with Crippen LogP contribution in [0.2, 0.25) is 0 Å². The molecule has 0 bridgehead atoms. The van der Waals surface area contributed by atoms with Crippen molar-refractivity contribution in [3.05, 3.63) is 206 Å². The molecule has 0 aliphatic carbocycles. The van der Waals surface area contributed by atoms with Crippen molar-refractivity contribution >= 4 is 75.9 Å². The van der Waals surface area contributed by atoms with E-state index in [2.05, 4.69) is 235 Å². The molecular weight excluding hydrogens is 1400 g/mol. The number of unbranched alkanes of at least 4 members (excludes halogenated alkanes) is 20. The molecule has 0 unspecified atom stereocenters. The number of amides is 5. The SMILES string of the molecule is CC(=O)N(O)CCCCCNC(=O)CCC(=O)N(O)CCCCCNC(=O)CCC(=O)N(O)CCCCCN(CC1=CNNN1CCCCCCCCCC[P+](c1ccccc1)(c1ccccc1)c1ccccc1)Cc1cnnn1CCCCCCCCCC[P+](c1ccccc1)(c1ccccc1)c1ccccc1. The highest BCUT2D eigenvalue weighted by molar-refractivity contribution is 7.96. The fraction of sp³-hybridized carbons (Fsp3) is 0.483. The lowest BCUT2D eigenvalue weighted by Crippen LogP contribution is -2.41. The summed E-state index contributed by atoms with van der Waals surface area (Å²) < 4.78 is 2.09. The van der Waals surface area contributed by atoms with Crippen LogP contribution in [0.1, 0.15) is 199 Å². The van der Waals surface area contributed by atoms with Crippen LogP contribution >= 0.6 is 14.5 Å². The zero-order valence-electron chi connectivity index (χ0n) is 64.8. The number of carbonyl (C=O) groups is 5. The van der Waals surface area contributed by atoms with E-state index in [1.807, 2.05) is 6.20 Å². The number of nitrogens with one attached hydrogen (secondary N) is 4. The number of benzene rings is 6. The van der Waals surface area contributed by atoms with Crippen molar-refractivity contribution in [1.82, 2.24) is 61.7 Å². The highest BCUT2D eigenvalue weighted by Gasteiger charge is 2.46. The molecule has 0 saturated heterocycles. The molecule has 2 heterocycles. The predicted octanol–water partition coefficient (Wildman–Crippen LogP) is 13.5. The smallest absolute Gasteiger partial charge is 0.246 e. The molecule has 6 aromatic carbocycles.